The predicted molar refractivity (Wildman–Crippen MR) is 148 cm³/mol. The number of rotatable bonds is 8. The number of anilines is 2. The van der Waals surface area contributed by atoms with Gasteiger partial charge in [-0.05, 0) is 49.4 Å². The third kappa shape index (κ3) is 5.61. The zero-order valence-corrected chi connectivity index (χ0v) is 21.4. The van der Waals surface area contributed by atoms with Crippen molar-refractivity contribution in [2.24, 2.45) is 5.92 Å². The third-order valence-corrected chi connectivity index (χ3v) is 7.27. The van der Waals surface area contributed by atoms with E-state index in [1.807, 2.05) is 18.2 Å². The van der Waals surface area contributed by atoms with Crippen LogP contribution in [0, 0.1) is 5.92 Å². The first-order valence-corrected chi connectivity index (χ1v) is 13.3. The molecule has 4 N–H and O–H groups in total. The summed E-state index contributed by atoms with van der Waals surface area (Å²) in [7, 11) is 0. The fourth-order valence-corrected chi connectivity index (χ4v) is 5.21. The molecule has 5 aromatic rings. The molecular weight excluding hydrogens is 516 g/mol. The van der Waals surface area contributed by atoms with Crippen molar-refractivity contribution in [3.63, 3.8) is 0 Å². The predicted octanol–water partition coefficient (Wildman–Crippen LogP) is 4.36. The minimum atomic E-state index is -0.737. The molecule has 39 heavy (non-hydrogen) atoms. The Morgan fingerprint density at radius 3 is 2.77 bits per heavy atom. The number of ketones is 1. The van der Waals surface area contributed by atoms with E-state index in [0.717, 1.165) is 34.6 Å². The number of urea groups is 1. The van der Waals surface area contributed by atoms with E-state index in [-0.39, 0.29) is 23.4 Å². The number of hydrogen-bond donors (Lipinski definition) is 4. The molecule has 0 radical (unpaired) electrons. The summed E-state index contributed by atoms with van der Waals surface area (Å²) in [6.45, 7) is 1.48. The van der Waals surface area contributed by atoms with Crippen LogP contribution in [0.4, 0.5) is 16.4 Å². The SMILES string of the molecule is O=C(Nc1cccc(OC(C(=O)c2ccc3nc[nH]c3c2)C2CCNC2)n1)Nc1csc(-c2ccncc2)n1. The highest BCUT2D eigenvalue weighted by atomic mass is 32.1. The van der Waals surface area contributed by atoms with Crippen molar-refractivity contribution in [2.75, 3.05) is 23.7 Å². The Kier molecular flexibility index (Phi) is 6.93. The molecule has 12 heteroatoms. The number of nitrogens with zero attached hydrogens (tertiary/aromatic N) is 4. The average molecular weight is 541 g/mol. The fraction of sp³-hybridized carbons (Fsp3) is 0.185. The maximum absolute atomic E-state index is 13.6. The lowest BCUT2D eigenvalue weighted by atomic mass is 9.93. The number of hydrogen-bond acceptors (Lipinski definition) is 9. The zero-order valence-electron chi connectivity index (χ0n) is 20.6. The highest BCUT2D eigenvalue weighted by molar-refractivity contribution is 7.13. The number of nitrogens with one attached hydrogen (secondary N) is 4. The molecule has 1 aromatic carbocycles. The van der Waals surface area contributed by atoms with Crippen LogP contribution in [0.5, 0.6) is 5.88 Å². The van der Waals surface area contributed by atoms with Gasteiger partial charge in [0.2, 0.25) is 11.7 Å². The lowest BCUT2D eigenvalue weighted by molar-refractivity contribution is 0.0683. The van der Waals surface area contributed by atoms with E-state index in [0.29, 0.717) is 17.9 Å². The molecule has 1 fully saturated rings. The normalized spacial score (nSPS) is 15.6. The van der Waals surface area contributed by atoms with Gasteiger partial charge in [-0.3, -0.25) is 20.4 Å². The number of thiazole rings is 1. The van der Waals surface area contributed by atoms with Crippen LogP contribution in [0.2, 0.25) is 0 Å². The van der Waals surface area contributed by atoms with Crippen molar-refractivity contribution in [1.29, 1.82) is 0 Å². The van der Waals surface area contributed by atoms with Gasteiger partial charge in [0.25, 0.3) is 0 Å². The number of amides is 2. The minimum absolute atomic E-state index is 0.0177. The second kappa shape index (κ2) is 11.0. The Labute approximate surface area is 227 Å². The molecule has 196 valence electrons. The summed E-state index contributed by atoms with van der Waals surface area (Å²) in [5.41, 5.74) is 3.02. The van der Waals surface area contributed by atoms with Gasteiger partial charge in [-0.15, -0.1) is 11.3 Å². The Balaban J connectivity index is 1.15. The zero-order chi connectivity index (χ0) is 26.6. The van der Waals surface area contributed by atoms with Crippen LogP contribution in [0.1, 0.15) is 16.8 Å². The van der Waals surface area contributed by atoms with Gasteiger partial charge in [-0.1, -0.05) is 6.07 Å². The molecule has 0 saturated carbocycles. The lowest BCUT2D eigenvalue weighted by Gasteiger charge is -2.23. The monoisotopic (exact) mass is 540 g/mol. The first-order chi connectivity index (χ1) is 19.1. The summed E-state index contributed by atoms with van der Waals surface area (Å²) in [5, 5.41) is 11.3. The number of benzene rings is 1. The molecule has 2 unspecified atom stereocenters. The molecule has 0 spiro atoms. The largest absolute Gasteiger partial charge is 0.466 e. The number of ether oxygens (including phenoxy) is 1. The second-order valence-electron chi connectivity index (χ2n) is 9.00. The van der Waals surface area contributed by atoms with Gasteiger partial charge in [0, 0.05) is 47.4 Å². The van der Waals surface area contributed by atoms with Crippen LogP contribution in [-0.4, -0.2) is 55.9 Å². The van der Waals surface area contributed by atoms with Gasteiger partial charge in [0.05, 0.1) is 17.4 Å². The average Bonchev–Trinajstić information content (AvgIpc) is 3.74. The summed E-state index contributed by atoms with van der Waals surface area (Å²) in [6.07, 6.45) is 5.05. The van der Waals surface area contributed by atoms with Crippen LogP contribution >= 0.6 is 11.3 Å². The maximum Gasteiger partial charge on any atom is 0.326 e. The van der Waals surface area contributed by atoms with Crippen LogP contribution in [0.15, 0.2) is 72.6 Å². The fourth-order valence-electron chi connectivity index (χ4n) is 4.45. The molecule has 1 aliphatic rings. The number of carbonyl (C=O) groups is 2. The highest BCUT2D eigenvalue weighted by Crippen LogP contribution is 2.26. The number of fused-ring (bicyclic) bond motifs is 1. The Morgan fingerprint density at radius 1 is 1.05 bits per heavy atom. The number of aromatic amines is 1. The van der Waals surface area contributed by atoms with Crippen LogP contribution < -0.4 is 20.7 Å². The van der Waals surface area contributed by atoms with Gasteiger partial charge < -0.3 is 15.0 Å². The van der Waals surface area contributed by atoms with Crippen molar-refractivity contribution in [1.82, 2.24) is 30.2 Å². The number of pyridine rings is 2. The molecule has 1 saturated heterocycles. The summed E-state index contributed by atoms with van der Waals surface area (Å²) >= 11 is 1.41. The molecule has 4 aromatic heterocycles. The molecule has 0 bridgehead atoms. The molecular formula is C27H24N8O3S. The molecule has 6 rings (SSSR count). The third-order valence-electron chi connectivity index (χ3n) is 6.38. The van der Waals surface area contributed by atoms with E-state index < -0.39 is 12.1 Å². The van der Waals surface area contributed by atoms with Gasteiger partial charge in [0.15, 0.2) is 6.10 Å². The molecule has 2 atom stereocenters. The van der Waals surface area contributed by atoms with Crippen molar-refractivity contribution in [3.05, 3.63) is 78.2 Å². The molecule has 2 amide bonds. The first-order valence-electron chi connectivity index (χ1n) is 12.4. The van der Waals surface area contributed by atoms with Gasteiger partial charge in [0.1, 0.15) is 16.6 Å². The Morgan fingerprint density at radius 2 is 1.92 bits per heavy atom. The molecule has 1 aliphatic heterocycles. The summed E-state index contributed by atoms with van der Waals surface area (Å²) in [5.74, 6) is 0.798. The van der Waals surface area contributed by atoms with E-state index in [2.05, 4.69) is 40.9 Å². The number of aromatic nitrogens is 5. The summed E-state index contributed by atoms with van der Waals surface area (Å²) < 4.78 is 6.19. The van der Waals surface area contributed by atoms with Gasteiger partial charge in [-0.2, -0.15) is 4.98 Å². The molecule has 11 nitrogen and oxygen atoms in total. The number of Topliss-reactive ketones (excluding diaryl/α,β-unsaturated/α-hetero) is 1. The topological polar surface area (TPSA) is 147 Å². The van der Waals surface area contributed by atoms with Crippen LogP contribution in [0.25, 0.3) is 21.6 Å². The van der Waals surface area contributed by atoms with Crippen LogP contribution in [0.3, 0.4) is 0 Å². The quantitative estimate of drug-likeness (QED) is 0.212. The minimum Gasteiger partial charge on any atom is -0.466 e. The maximum atomic E-state index is 13.6. The van der Waals surface area contributed by atoms with E-state index in [1.165, 1.54) is 11.3 Å². The first kappa shape index (κ1) is 24.6. The van der Waals surface area contributed by atoms with Crippen LogP contribution in [-0.2, 0) is 0 Å². The van der Waals surface area contributed by atoms with Gasteiger partial charge in [-0.25, -0.2) is 14.8 Å². The van der Waals surface area contributed by atoms with Gasteiger partial charge >= 0.3 is 6.03 Å². The summed E-state index contributed by atoms with van der Waals surface area (Å²) in [4.78, 5) is 46.4. The summed E-state index contributed by atoms with van der Waals surface area (Å²) in [6, 6.07) is 13.6. The second-order valence-corrected chi connectivity index (χ2v) is 9.86. The van der Waals surface area contributed by atoms with Crippen molar-refractivity contribution >= 4 is 45.8 Å². The van der Waals surface area contributed by atoms with Crippen molar-refractivity contribution in [2.45, 2.75) is 12.5 Å². The number of imidazole rings is 1. The smallest absolute Gasteiger partial charge is 0.326 e. The lowest BCUT2D eigenvalue weighted by Crippen LogP contribution is -2.37. The molecule has 0 aliphatic carbocycles. The number of carbonyl (C=O) groups excluding carboxylic acids is 2. The van der Waals surface area contributed by atoms with E-state index in [4.69, 9.17) is 4.74 Å². The van der Waals surface area contributed by atoms with Crippen molar-refractivity contribution < 1.29 is 14.3 Å². The van der Waals surface area contributed by atoms with E-state index in [9.17, 15) is 9.59 Å². The Bertz CT molecular complexity index is 1610. The van der Waals surface area contributed by atoms with E-state index in [1.54, 1.807) is 54.4 Å². The standard InChI is InChI=1S/C27H24N8O3S/c36-24(17-4-5-19-20(12-17)31-15-30-19)25(18-8-11-29-13-18)38-23-3-1-2-21(32-23)34-27(37)35-22-14-39-26(33-22)16-6-9-28-10-7-16/h1-7,9-10,12,14-15,18,25,29H,8,11,13H2,(H,30,31)(H2,32,34,35,37). The number of H-pyrrole nitrogens is 1. The molecule has 5 heterocycles. The van der Waals surface area contributed by atoms with E-state index >= 15 is 0 Å². The Hall–Kier alpha value is -4.68. The van der Waals surface area contributed by atoms with Crippen molar-refractivity contribution in [3.8, 4) is 16.5 Å². The highest BCUT2D eigenvalue weighted by Gasteiger charge is 2.33.